The minimum atomic E-state index is -0.0567. The van der Waals surface area contributed by atoms with Gasteiger partial charge in [0.05, 0.1) is 28.7 Å². The van der Waals surface area contributed by atoms with E-state index in [1.807, 2.05) is 18.2 Å². The van der Waals surface area contributed by atoms with Crippen LogP contribution >= 0.6 is 11.6 Å². The summed E-state index contributed by atoms with van der Waals surface area (Å²) in [4.78, 5) is 21.9. The van der Waals surface area contributed by atoms with Crippen molar-refractivity contribution in [2.45, 2.75) is 13.0 Å². The number of aryl methyl sites for hydroxylation is 1. The number of hydrogen-bond donors (Lipinski definition) is 2. The zero-order valence-corrected chi connectivity index (χ0v) is 17.5. The lowest BCUT2D eigenvalue weighted by molar-refractivity contribution is -0.117. The number of rotatable bonds is 4. The van der Waals surface area contributed by atoms with Crippen LogP contribution in [0.25, 0.3) is 5.70 Å². The van der Waals surface area contributed by atoms with Gasteiger partial charge in [-0.1, -0.05) is 35.9 Å². The molecule has 2 aromatic rings. The third kappa shape index (κ3) is 4.15. The molecule has 2 aliphatic heterocycles. The fraction of sp³-hybridized carbons (Fsp3) is 0.364. The summed E-state index contributed by atoms with van der Waals surface area (Å²) in [6, 6.07) is 13.7. The average Bonchev–Trinajstić information content (AvgIpc) is 2.71. The van der Waals surface area contributed by atoms with Crippen LogP contribution in [0.5, 0.6) is 0 Å². The molecule has 0 bridgehead atoms. The van der Waals surface area contributed by atoms with E-state index < -0.39 is 0 Å². The summed E-state index contributed by atoms with van der Waals surface area (Å²) < 4.78 is 0. The summed E-state index contributed by atoms with van der Waals surface area (Å²) in [6.07, 6.45) is 0. The lowest BCUT2D eigenvalue weighted by Gasteiger charge is -2.40. The lowest BCUT2D eigenvalue weighted by Crippen LogP contribution is -2.58. The third-order valence-electron chi connectivity index (χ3n) is 5.54. The van der Waals surface area contributed by atoms with Crippen molar-refractivity contribution >= 4 is 28.9 Å². The van der Waals surface area contributed by atoms with Crippen LogP contribution in [0.4, 0.5) is 5.69 Å². The molecule has 29 heavy (non-hydrogen) atoms. The number of benzene rings is 2. The molecule has 0 aromatic heterocycles. The highest BCUT2D eigenvalue weighted by molar-refractivity contribution is 6.33. The summed E-state index contributed by atoms with van der Waals surface area (Å²) in [6.45, 7) is 5.52. The van der Waals surface area contributed by atoms with E-state index in [9.17, 15) is 4.79 Å². The zero-order chi connectivity index (χ0) is 20.4. The number of piperazine rings is 1. The molecule has 0 aliphatic carbocycles. The normalized spacial score (nSPS) is 19.5. The number of carbonyl (C=O) groups excluding carboxylic acids is 1. The Hall–Kier alpha value is -2.41. The number of likely N-dealkylation sites (N-methyl/N-ethyl adjacent to an activating group) is 1. The van der Waals surface area contributed by atoms with Gasteiger partial charge in [-0.15, -0.1) is 0 Å². The molecule has 2 N–H and O–H groups in total. The van der Waals surface area contributed by atoms with E-state index in [4.69, 9.17) is 16.6 Å². The van der Waals surface area contributed by atoms with E-state index in [1.165, 1.54) is 16.5 Å². The molecule has 6 nitrogen and oxygen atoms in total. The minimum absolute atomic E-state index is 0.0567. The van der Waals surface area contributed by atoms with E-state index in [2.05, 4.69) is 52.6 Å². The number of nitrogens with one attached hydrogen (secondary N) is 2. The van der Waals surface area contributed by atoms with Crippen LogP contribution in [-0.2, 0) is 4.79 Å². The maximum absolute atomic E-state index is 12.8. The van der Waals surface area contributed by atoms with E-state index in [0.717, 1.165) is 25.0 Å². The van der Waals surface area contributed by atoms with Crippen LogP contribution in [-0.4, -0.2) is 61.6 Å². The summed E-state index contributed by atoms with van der Waals surface area (Å²) in [7, 11) is 2.07. The topological polar surface area (TPSA) is 60.0 Å². The second kappa shape index (κ2) is 8.53. The van der Waals surface area contributed by atoms with Crippen molar-refractivity contribution in [3.63, 3.8) is 0 Å². The number of nitrogens with zero attached hydrogens (tertiary/aromatic N) is 3. The van der Waals surface area contributed by atoms with Gasteiger partial charge in [0.2, 0.25) is 5.91 Å². The molecular formula is C22H26ClN5O. The fourth-order valence-electron chi connectivity index (χ4n) is 4.13. The van der Waals surface area contributed by atoms with Crippen molar-refractivity contribution in [3.8, 4) is 0 Å². The molecule has 0 radical (unpaired) electrons. The number of carbonyl (C=O) groups is 1. The van der Waals surface area contributed by atoms with Crippen molar-refractivity contribution in [2.24, 2.45) is 4.99 Å². The fourth-order valence-corrected chi connectivity index (χ4v) is 4.31. The van der Waals surface area contributed by atoms with Crippen LogP contribution in [0.15, 0.2) is 47.5 Å². The van der Waals surface area contributed by atoms with Gasteiger partial charge in [0, 0.05) is 37.6 Å². The van der Waals surface area contributed by atoms with E-state index in [-0.39, 0.29) is 11.9 Å². The second-order valence-electron chi connectivity index (χ2n) is 7.57. The molecule has 1 amide bonds. The molecule has 1 saturated heterocycles. The second-order valence-corrected chi connectivity index (χ2v) is 7.98. The maximum atomic E-state index is 12.8. The Bertz CT molecular complexity index is 1040. The monoisotopic (exact) mass is 411 g/mol. The van der Waals surface area contributed by atoms with Gasteiger partial charge in [-0.25, -0.2) is 0 Å². The molecule has 2 heterocycles. The Labute approximate surface area is 175 Å². The van der Waals surface area contributed by atoms with Crippen LogP contribution in [0.2, 0.25) is 5.02 Å². The molecule has 7 heteroatoms. The lowest BCUT2D eigenvalue weighted by atomic mass is 10.0. The molecule has 1 fully saturated rings. The van der Waals surface area contributed by atoms with Crippen molar-refractivity contribution in [1.82, 2.24) is 15.1 Å². The SMILES string of the molecule is Cc1cccc2c1=C(C1CNCCN1CC(=O)Nc1ccccc1Cl)N(C)CN=2. The summed E-state index contributed by atoms with van der Waals surface area (Å²) in [5.74, 6) is -0.0567. The Morgan fingerprint density at radius 1 is 1.28 bits per heavy atom. The van der Waals surface area contributed by atoms with Gasteiger partial charge in [-0.05, 0) is 30.7 Å². The largest absolute Gasteiger partial charge is 0.357 e. The van der Waals surface area contributed by atoms with Gasteiger partial charge in [0.15, 0.2) is 0 Å². The van der Waals surface area contributed by atoms with Crippen LogP contribution in [0.1, 0.15) is 5.56 Å². The number of para-hydroxylation sites is 1. The molecule has 2 aliphatic rings. The first-order valence-electron chi connectivity index (χ1n) is 9.89. The number of fused-ring (bicyclic) bond motifs is 1. The molecule has 152 valence electrons. The van der Waals surface area contributed by atoms with Crippen LogP contribution in [0, 0.1) is 6.92 Å². The van der Waals surface area contributed by atoms with E-state index in [1.54, 1.807) is 6.07 Å². The Kier molecular flexibility index (Phi) is 5.85. The zero-order valence-electron chi connectivity index (χ0n) is 16.8. The van der Waals surface area contributed by atoms with Gasteiger partial charge < -0.3 is 15.5 Å². The number of halogens is 1. The van der Waals surface area contributed by atoms with Crippen molar-refractivity contribution in [3.05, 3.63) is 63.6 Å². The first kappa shape index (κ1) is 19.9. The maximum Gasteiger partial charge on any atom is 0.238 e. The van der Waals surface area contributed by atoms with Crippen LogP contribution in [0.3, 0.4) is 0 Å². The van der Waals surface area contributed by atoms with Gasteiger partial charge in [0.1, 0.15) is 6.67 Å². The van der Waals surface area contributed by atoms with Crippen molar-refractivity contribution < 1.29 is 4.79 Å². The smallest absolute Gasteiger partial charge is 0.238 e. The highest BCUT2D eigenvalue weighted by Gasteiger charge is 2.31. The molecule has 0 saturated carbocycles. The number of anilines is 1. The van der Waals surface area contributed by atoms with Crippen LogP contribution < -0.4 is 21.2 Å². The first-order valence-corrected chi connectivity index (χ1v) is 10.3. The molecule has 2 aromatic carbocycles. The quantitative estimate of drug-likeness (QED) is 0.793. The Morgan fingerprint density at radius 3 is 2.93 bits per heavy atom. The highest BCUT2D eigenvalue weighted by Crippen LogP contribution is 2.21. The first-order chi connectivity index (χ1) is 14.0. The highest BCUT2D eigenvalue weighted by atomic mass is 35.5. The Morgan fingerprint density at radius 2 is 2.10 bits per heavy atom. The number of hydrogen-bond acceptors (Lipinski definition) is 5. The van der Waals surface area contributed by atoms with E-state index >= 15 is 0 Å². The van der Waals surface area contributed by atoms with Crippen molar-refractivity contribution in [2.75, 3.05) is 45.2 Å². The minimum Gasteiger partial charge on any atom is -0.357 e. The molecular weight excluding hydrogens is 386 g/mol. The predicted molar refractivity (Wildman–Crippen MR) is 116 cm³/mol. The van der Waals surface area contributed by atoms with Gasteiger partial charge in [-0.3, -0.25) is 14.7 Å². The van der Waals surface area contributed by atoms with Gasteiger partial charge in [-0.2, -0.15) is 0 Å². The van der Waals surface area contributed by atoms with Crippen molar-refractivity contribution in [1.29, 1.82) is 0 Å². The standard InChI is InChI=1S/C22H26ClN5O/c1-15-6-5-9-18-21(15)22(27(2)14-25-18)19-12-24-10-11-28(19)13-20(29)26-17-8-4-3-7-16(17)23/h3-9,19,24H,10-14H2,1-2H3,(H,26,29). The predicted octanol–water partition coefficient (Wildman–Crippen LogP) is 1.19. The third-order valence-corrected chi connectivity index (χ3v) is 5.87. The molecule has 1 atom stereocenters. The van der Waals surface area contributed by atoms with Gasteiger partial charge in [0.25, 0.3) is 0 Å². The molecule has 4 rings (SSSR count). The van der Waals surface area contributed by atoms with Gasteiger partial charge >= 0.3 is 0 Å². The summed E-state index contributed by atoms with van der Waals surface area (Å²) in [5, 5.41) is 9.21. The number of amides is 1. The van der Waals surface area contributed by atoms with E-state index in [0.29, 0.717) is 23.9 Å². The molecule has 0 spiro atoms. The molecule has 1 unspecified atom stereocenters. The summed E-state index contributed by atoms with van der Waals surface area (Å²) in [5.41, 5.74) is 3.08. The summed E-state index contributed by atoms with van der Waals surface area (Å²) >= 11 is 6.19. The Balaban J connectivity index is 1.64. The average molecular weight is 412 g/mol.